The van der Waals surface area contributed by atoms with Crippen molar-refractivity contribution in [1.82, 2.24) is 9.71 Å². The Labute approximate surface area is 112 Å². The monoisotopic (exact) mass is 277 g/mol. The van der Waals surface area contributed by atoms with E-state index in [9.17, 15) is 8.42 Å². The maximum atomic E-state index is 12.2. The van der Waals surface area contributed by atoms with Crippen molar-refractivity contribution in [3.8, 4) is 0 Å². The number of hydrogen-bond acceptors (Lipinski definition) is 4. The van der Waals surface area contributed by atoms with Crippen molar-refractivity contribution >= 4 is 10.0 Å². The molecular formula is C13H15N3O2S. The predicted octanol–water partition coefficient (Wildman–Crippen LogP) is 1.02. The maximum Gasteiger partial charge on any atom is 0.242 e. The minimum atomic E-state index is -3.59. The van der Waals surface area contributed by atoms with Crippen LogP contribution in [0.1, 0.15) is 11.3 Å². The molecule has 0 saturated heterocycles. The van der Waals surface area contributed by atoms with Crippen molar-refractivity contribution in [3.05, 3.63) is 59.9 Å². The minimum absolute atomic E-state index is 0.0857. The molecule has 0 unspecified atom stereocenters. The summed E-state index contributed by atoms with van der Waals surface area (Å²) in [5.74, 6) is 0. The Kier molecular flexibility index (Phi) is 4.26. The number of nitrogens with zero attached hydrogens (tertiary/aromatic N) is 1. The molecule has 0 fully saturated rings. The van der Waals surface area contributed by atoms with Crippen molar-refractivity contribution in [2.75, 3.05) is 0 Å². The fourth-order valence-electron chi connectivity index (χ4n) is 1.67. The molecule has 0 saturated carbocycles. The highest BCUT2D eigenvalue weighted by Crippen LogP contribution is 2.12. The lowest BCUT2D eigenvalue weighted by Gasteiger charge is -2.09. The van der Waals surface area contributed by atoms with Gasteiger partial charge >= 0.3 is 0 Å². The maximum absolute atomic E-state index is 12.2. The van der Waals surface area contributed by atoms with Gasteiger partial charge in [0.2, 0.25) is 10.0 Å². The predicted molar refractivity (Wildman–Crippen MR) is 72.6 cm³/mol. The Morgan fingerprint density at radius 3 is 2.53 bits per heavy atom. The van der Waals surface area contributed by atoms with Gasteiger partial charge in [0.05, 0.1) is 5.69 Å². The molecule has 2 rings (SSSR count). The van der Waals surface area contributed by atoms with Gasteiger partial charge in [-0.15, -0.1) is 0 Å². The van der Waals surface area contributed by atoms with Crippen LogP contribution in [0, 0.1) is 0 Å². The zero-order valence-electron chi connectivity index (χ0n) is 10.3. The van der Waals surface area contributed by atoms with E-state index in [2.05, 4.69) is 9.71 Å². The molecule has 0 radical (unpaired) electrons. The first-order valence-electron chi connectivity index (χ1n) is 5.81. The third-order valence-corrected chi connectivity index (χ3v) is 4.12. The number of nitrogens with two attached hydrogens (primary N) is 1. The largest absolute Gasteiger partial charge is 0.325 e. The van der Waals surface area contributed by atoms with E-state index in [1.807, 2.05) is 30.3 Å². The summed E-state index contributed by atoms with van der Waals surface area (Å²) >= 11 is 0. The van der Waals surface area contributed by atoms with Crippen molar-refractivity contribution in [3.63, 3.8) is 0 Å². The van der Waals surface area contributed by atoms with Gasteiger partial charge in [-0.25, -0.2) is 13.1 Å². The molecule has 0 bridgehead atoms. The zero-order valence-corrected chi connectivity index (χ0v) is 11.1. The Morgan fingerprint density at radius 2 is 1.84 bits per heavy atom. The molecule has 1 aromatic heterocycles. The summed E-state index contributed by atoms with van der Waals surface area (Å²) in [5.41, 5.74) is 6.76. The van der Waals surface area contributed by atoms with E-state index in [0.29, 0.717) is 5.69 Å². The molecule has 1 heterocycles. The van der Waals surface area contributed by atoms with Crippen molar-refractivity contribution in [1.29, 1.82) is 0 Å². The molecule has 3 N–H and O–H groups in total. The average Bonchev–Trinajstić information content (AvgIpc) is 2.46. The topological polar surface area (TPSA) is 85.1 Å². The van der Waals surface area contributed by atoms with Gasteiger partial charge in [-0.2, -0.15) is 0 Å². The van der Waals surface area contributed by atoms with Crippen LogP contribution in [0.3, 0.4) is 0 Å². The molecule has 5 nitrogen and oxygen atoms in total. The van der Waals surface area contributed by atoms with Gasteiger partial charge in [-0.3, -0.25) is 4.98 Å². The Bertz CT molecular complexity index is 642. The van der Waals surface area contributed by atoms with Crippen LogP contribution in [0.25, 0.3) is 0 Å². The number of hydrogen-bond donors (Lipinski definition) is 2. The zero-order chi connectivity index (χ0) is 13.7. The van der Waals surface area contributed by atoms with Crippen LogP contribution < -0.4 is 10.5 Å². The van der Waals surface area contributed by atoms with Gasteiger partial charge in [0.1, 0.15) is 4.90 Å². The lowest BCUT2D eigenvalue weighted by atomic mass is 10.2. The Hall–Kier alpha value is -1.76. The van der Waals surface area contributed by atoms with Crippen molar-refractivity contribution in [2.24, 2.45) is 5.73 Å². The molecule has 100 valence electrons. The number of aromatic nitrogens is 1. The van der Waals surface area contributed by atoms with E-state index in [-0.39, 0.29) is 18.0 Å². The molecule has 0 spiro atoms. The summed E-state index contributed by atoms with van der Waals surface area (Å²) in [6.45, 7) is 0.324. The second kappa shape index (κ2) is 5.92. The fraction of sp³-hybridized carbons (Fsp3) is 0.154. The van der Waals surface area contributed by atoms with E-state index in [4.69, 9.17) is 5.73 Å². The second-order valence-electron chi connectivity index (χ2n) is 3.96. The van der Waals surface area contributed by atoms with Gasteiger partial charge in [-0.05, 0) is 17.7 Å². The summed E-state index contributed by atoms with van der Waals surface area (Å²) in [5, 5.41) is 0. The first kappa shape index (κ1) is 13.7. The second-order valence-corrected chi connectivity index (χ2v) is 5.70. The summed E-state index contributed by atoms with van der Waals surface area (Å²) in [7, 11) is -3.59. The number of pyridine rings is 1. The summed E-state index contributed by atoms with van der Waals surface area (Å²) in [6.07, 6.45) is 1.53. The standard InChI is InChI=1S/C13H15N3O2S/c14-9-12-13(7-4-8-15-12)19(17,18)16-10-11-5-2-1-3-6-11/h1-8,16H,9-10,14H2. The van der Waals surface area contributed by atoms with E-state index in [0.717, 1.165) is 5.56 Å². The molecule has 1 aromatic carbocycles. The van der Waals surface area contributed by atoms with Crippen LogP contribution in [-0.4, -0.2) is 13.4 Å². The van der Waals surface area contributed by atoms with Gasteiger partial charge in [0.25, 0.3) is 0 Å². The minimum Gasteiger partial charge on any atom is -0.325 e. The van der Waals surface area contributed by atoms with Gasteiger partial charge in [-0.1, -0.05) is 30.3 Å². The molecule has 6 heteroatoms. The van der Waals surface area contributed by atoms with Crippen LogP contribution in [0.15, 0.2) is 53.6 Å². The van der Waals surface area contributed by atoms with Gasteiger partial charge in [0.15, 0.2) is 0 Å². The Balaban J connectivity index is 2.19. The highest BCUT2D eigenvalue weighted by molar-refractivity contribution is 7.89. The fourth-order valence-corrected chi connectivity index (χ4v) is 2.89. The molecule has 0 amide bonds. The van der Waals surface area contributed by atoms with E-state index in [1.54, 1.807) is 6.07 Å². The van der Waals surface area contributed by atoms with Crippen LogP contribution in [0.2, 0.25) is 0 Å². The van der Waals surface area contributed by atoms with E-state index >= 15 is 0 Å². The first-order valence-corrected chi connectivity index (χ1v) is 7.29. The quantitative estimate of drug-likeness (QED) is 0.854. The van der Waals surface area contributed by atoms with Gasteiger partial charge in [0, 0.05) is 19.3 Å². The van der Waals surface area contributed by atoms with Crippen LogP contribution in [0.5, 0.6) is 0 Å². The smallest absolute Gasteiger partial charge is 0.242 e. The number of nitrogens with one attached hydrogen (secondary N) is 1. The Morgan fingerprint density at radius 1 is 1.11 bits per heavy atom. The normalized spacial score (nSPS) is 11.4. The number of sulfonamides is 1. The lowest BCUT2D eigenvalue weighted by molar-refractivity contribution is 0.579. The molecule has 0 aliphatic heterocycles. The third-order valence-electron chi connectivity index (χ3n) is 2.64. The molecule has 0 atom stereocenters. The SMILES string of the molecule is NCc1ncccc1S(=O)(=O)NCc1ccccc1. The average molecular weight is 277 g/mol. The van der Waals surface area contributed by atoms with Crippen molar-refractivity contribution in [2.45, 2.75) is 18.0 Å². The number of rotatable bonds is 5. The first-order chi connectivity index (χ1) is 9.13. The van der Waals surface area contributed by atoms with Crippen molar-refractivity contribution < 1.29 is 8.42 Å². The van der Waals surface area contributed by atoms with E-state index < -0.39 is 10.0 Å². The molecule has 19 heavy (non-hydrogen) atoms. The van der Waals surface area contributed by atoms with Gasteiger partial charge < -0.3 is 5.73 Å². The lowest BCUT2D eigenvalue weighted by Crippen LogP contribution is -2.25. The molecular weight excluding hydrogens is 262 g/mol. The summed E-state index contributed by atoms with van der Waals surface area (Å²) < 4.78 is 26.9. The number of benzene rings is 1. The van der Waals surface area contributed by atoms with Crippen LogP contribution >= 0.6 is 0 Å². The highest BCUT2D eigenvalue weighted by atomic mass is 32.2. The van der Waals surface area contributed by atoms with Crippen LogP contribution in [-0.2, 0) is 23.1 Å². The molecule has 0 aliphatic rings. The summed E-state index contributed by atoms with van der Waals surface area (Å²) in [4.78, 5) is 4.11. The third kappa shape index (κ3) is 3.37. The highest BCUT2D eigenvalue weighted by Gasteiger charge is 2.17. The molecule has 2 aromatic rings. The van der Waals surface area contributed by atoms with E-state index in [1.165, 1.54) is 12.3 Å². The summed E-state index contributed by atoms with van der Waals surface area (Å²) in [6, 6.07) is 12.4. The van der Waals surface area contributed by atoms with Crippen LogP contribution in [0.4, 0.5) is 0 Å². The molecule has 0 aliphatic carbocycles.